The molecule has 0 N–H and O–H groups in total. The lowest BCUT2D eigenvalue weighted by Crippen LogP contribution is -2.40. The topological polar surface area (TPSA) is 42.3 Å². The highest BCUT2D eigenvalue weighted by Crippen LogP contribution is 2.31. The molecular formula is C14H14F2N2O2S. The first-order chi connectivity index (χ1) is 9.89. The van der Waals surface area contributed by atoms with Crippen molar-refractivity contribution >= 4 is 10.0 Å². The number of nitrogens with zero attached hydrogens (tertiary/aromatic N) is 2. The number of fused-ring (bicyclic) bond motifs is 1. The minimum absolute atomic E-state index is 0.267. The van der Waals surface area contributed by atoms with Gasteiger partial charge in [-0.15, -0.1) is 0 Å². The molecule has 0 fully saturated rings. The fraction of sp³-hybridized carbons (Fsp3) is 0.286. The summed E-state index contributed by atoms with van der Waals surface area (Å²) < 4.78 is 55.1. The van der Waals surface area contributed by atoms with Crippen LogP contribution < -0.4 is 0 Å². The molecule has 1 aromatic carbocycles. The van der Waals surface area contributed by atoms with Gasteiger partial charge in [0.25, 0.3) is 0 Å². The SMILES string of the molecule is CC1c2cccn2CCN1S(=O)(=O)c1cc(F)cc(F)c1. The Hall–Kier alpha value is -1.73. The van der Waals surface area contributed by atoms with Crippen LogP contribution in [0.2, 0.25) is 0 Å². The zero-order valence-corrected chi connectivity index (χ0v) is 12.1. The molecule has 4 nitrogen and oxygen atoms in total. The molecule has 112 valence electrons. The van der Waals surface area contributed by atoms with Gasteiger partial charge in [0, 0.05) is 31.0 Å². The monoisotopic (exact) mass is 312 g/mol. The van der Waals surface area contributed by atoms with Gasteiger partial charge in [-0.2, -0.15) is 4.31 Å². The normalized spacial score (nSPS) is 19.5. The van der Waals surface area contributed by atoms with Crippen LogP contribution in [0.3, 0.4) is 0 Å². The highest BCUT2D eigenvalue weighted by atomic mass is 32.2. The van der Waals surface area contributed by atoms with Crippen LogP contribution in [0.4, 0.5) is 8.78 Å². The summed E-state index contributed by atoms with van der Waals surface area (Å²) in [4.78, 5) is -0.355. The third-order valence-corrected chi connectivity index (χ3v) is 5.68. The molecule has 0 amide bonds. The fourth-order valence-corrected chi connectivity index (χ4v) is 4.34. The molecule has 2 aromatic rings. The van der Waals surface area contributed by atoms with E-state index in [1.54, 1.807) is 6.92 Å². The first-order valence-electron chi connectivity index (χ1n) is 6.52. The van der Waals surface area contributed by atoms with Crippen molar-refractivity contribution in [2.75, 3.05) is 6.54 Å². The van der Waals surface area contributed by atoms with Crippen molar-refractivity contribution in [1.82, 2.24) is 8.87 Å². The van der Waals surface area contributed by atoms with Crippen molar-refractivity contribution in [1.29, 1.82) is 0 Å². The van der Waals surface area contributed by atoms with E-state index >= 15 is 0 Å². The van der Waals surface area contributed by atoms with Crippen LogP contribution in [0.15, 0.2) is 41.4 Å². The zero-order valence-electron chi connectivity index (χ0n) is 11.3. The predicted octanol–water partition coefficient (Wildman–Crippen LogP) is 2.53. The van der Waals surface area contributed by atoms with Gasteiger partial charge in [-0.3, -0.25) is 0 Å². The van der Waals surface area contributed by atoms with Gasteiger partial charge >= 0.3 is 0 Å². The summed E-state index contributed by atoms with van der Waals surface area (Å²) in [5.74, 6) is -1.80. The van der Waals surface area contributed by atoms with Gasteiger partial charge in [0.15, 0.2) is 0 Å². The second-order valence-corrected chi connectivity index (χ2v) is 6.91. The minimum Gasteiger partial charge on any atom is -0.349 e. The summed E-state index contributed by atoms with van der Waals surface area (Å²) in [7, 11) is -3.94. The highest BCUT2D eigenvalue weighted by Gasteiger charge is 2.34. The standard InChI is InChI=1S/C14H14F2N2O2S/c1-10-14-3-2-4-17(14)5-6-18(10)21(19,20)13-8-11(15)7-12(16)9-13/h2-4,7-10H,5-6H2,1H3. The lowest BCUT2D eigenvalue weighted by atomic mass is 10.2. The number of benzene rings is 1. The third-order valence-electron chi connectivity index (χ3n) is 3.73. The number of halogens is 2. The van der Waals surface area contributed by atoms with Gasteiger partial charge in [0.05, 0.1) is 10.9 Å². The molecule has 0 saturated carbocycles. The average molecular weight is 312 g/mol. The minimum atomic E-state index is -3.94. The van der Waals surface area contributed by atoms with E-state index in [2.05, 4.69) is 0 Å². The lowest BCUT2D eigenvalue weighted by Gasteiger charge is -2.33. The van der Waals surface area contributed by atoms with E-state index in [-0.39, 0.29) is 17.5 Å². The Morgan fingerprint density at radius 2 is 1.81 bits per heavy atom. The quantitative estimate of drug-likeness (QED) is 0.855. The Kier molecular flexibility index (Phi) is 3.33. The Bertz CT molecular complexity index is 766. The Labute approximate surface area is 121 Å². The molecule has 0 saturated heterocycles. The van der Waals surface area contributed by atoms with Crippen LogP contribution in [-0.4, -0.2) is 23.8 Å². The molecule has 0 bridgehead atoms. The molecule has 1 unspecified atom stereocenters. The number of sulfonamides is 1. The molecule has 1 aromatic heterocycles. The van der Waals surface area contributed by atoms with Crippen LogP contribution in [0.1, 0.15) is 18.7 Å². The Morgan fingerprint density at radius 3 is 2.48 bits per heavy atom. The third kappa shape index (κ3) is 2.36. The number of aromatic nitrogens is 1. The van der Waals surface area contributed by atoms with E-state index in [0.29, 0.717) is 12.6 Å². The van der Waals surface area contributed by atoms with Gasteiger partial charge in [-0.05, 0) is 31.2 Å². The number of hydrogen-bond acceptors (Lipinski definition) is 2. The van der Waals surface area contributed by atoms with E-state index in [9.17, 15) is 17.2 Å². The van der Waals surface area contributed by atoms with Crippen molar-refractivity contribution in [2.24, 2.45) is 0 Å². The lowest BCUT2D eigenvalue weighted by molar-refractivity contribution is 0.282. The average Bonchev–Trinajstić information content (AvgIpc) is 2.87. The summed E-state index contributed by atoms with van der Waals surface area (Å²) in [6.07, 6.45) is 1.89. The van der Waals surface area contributed by atoms with E-state index in [1.807, 2.05) is 22.9 Å². The first kappa shape index (κ1) is 14.2. The maximum Gasteiger partial charge on any atom is 0.243 e. The molecular weight excluding hydrogens is 298 g/mol. The molecule has 0 spiro atoms. The molecule has 0 aliphatic carbocycles. The van der Waals surface area contributed by atoms with E-state index < -0.39 is 21.7 Å². The van der Waals surface area contributed by atoms with Crippen LogP contribution in [0, 0.1) is 11.6 Å². The van der Waals surface area contributed by atoms with Gasteiger partial charge in [-0.25, -0.2) is 17.2 Å². The molecule has 1 aliphatic rings. The summed E-state index contributed by atoms with van der Waals surface area (Å²) in [5.41, 5.74) is 0.863. The predicted molar refractivity (Wildman–Crippen MR) is 73.1 cm³/mol. The number of rotatable bonds is 2. The van der Waals surface area contributed by atoms with E-state index in [4.69, 9.17) is 0 Å². The maximum absolute atomic E-state index is 13.3. The van der Waals surface area contributed by atoms with Crippen LogP contribution in [0.5, 0.6) is 0 Å². The van der Waals surface area contributed by atoms with E-state index in [0.717, 1.165) is 17.8 Å². The second-order valence-electron chi connectivity index (χ2n) is 5.02. The van der Waals surface area contributed by atoms with Crippen molar-refractivity contribution in [3.8, 4) is 0 Å². The van der Waals surface area contributed by atoms with Crippen LogP contribution in [0.25, 0.3) is 0 Å². The zero-order chi connectivity index (χ0) is 15.2. The summed E-state index contributed by atoms with van der Waals surface area (Å²) in [6, 6.07) is 5.66. The van der Waals surface area contributed by atoms with Crippen molar-refractivity contribution in [2.45, 2.75) is 24.4 Å². The van der Waals surface area contributed by atoms with Crippen LogP contribution in [-0.2, 0) is 16.6 Å². The molecule has 7 heteroatoms. The van der Waals surface area contributed by atoms with Crippen LogP contribution >= 0.6 is 0 Å². The molecule has 0 radical (unpaired) electrons. The van der Waals surface area contributed by atoms with Crippen molar-refractivity contribution < 1.29 is 17.2 Å². The number of hydrogen-bond donors (Lipinski definition) is 0. The van der Waals surface area contributed by atoms with Gasteiger partial charge in [-0.1, -0.05) is 0 Å². The summed E-state index contributed by atoms with van der Waals surface area (Å²) in [6.45, 7) is 2.55. The summed E-state index contributed by atoms with van der Waals surface area (Å²) in [5, 5.41) is 0. The largest absolute Gasteiger partial charge is 0.349 e. The Morgan fingerprint density at radius 1 is 1.14 bits per heavy atom. The van der Waals surface area contributed by atoms with Gasteiger partial charge in [0.1, 0.15) is 11.6 Å². The van der Waals surface area contributed by atoms with Crippen molar-refractivity contribution in [3.05, 3.63) is 53.9 Å². The van der Waals surface area contributed by atoms with E-state index in [1.165, 1.54) is 4.31 Å². The molecule has 3 rings (SSSR count). The smallest absolute Gasteiger partial charge is 0.243 e. The first-order valence-corrected chi connectivity index (χ1v) is 7.96. The summed E-state index contributed by atoms with van der Waals surface area (Å²) >= 11 is 0. The van der Waals surface area contributed by atoms with Gasteiger partial charge in [0.2, 0.25) is 10.0 Å². The fourth-order valence-electron chi connectivity index (χ4n) is 2.70. The van der Waals surface area contributed by atoms with Gasteiger partial charge < -0.3 is 4.57 Å². The molecule has 1 aliphatic heterocycles. The molecule has 21 heavy (non-hydrogen) atoms. The highest BCUT2D eigenvalue weighted by molar-refractivity contribution is 7.89. The second kappa shape index (κ2) is 4.92. The molecule has 2 heterocycles. The maximum atomic E-state index is 13.3. The Balaban J connectivity index is 2.03. The molecule has 1 atom stereocenters. The van der Waals surface area contributed by atoms with Crippen molar-refractivity contribution in [3.63, 3.8) is 0 Å².